The highest BCUT2D eigenvalue weighted by Crippen LogP contribution is 2.37. The molecule has 0 aliphatic carbocycles. The Morgan fingerprint density at radius 1 is 0.429 bits per heavy atom. The third kappa shape index (κ3) is 25.8. The quantitative estimate of drug-likeness (QED) is 0.0246. The lowest BCUT2D eigenvalue weighted by Gasteiger charge is -2.11. The highest BCUT2D eigenvalue weighted by Gasteiger charge is 2.22. The number of benzene rings is 7. The van der Waals surface area contributed by atoms with Crippen LogP contribution < -0.4 is 51.5 Å². The minimum Gasteiger partial charge on any atom is -0.507 e. The number of aromatic nitrogens is 2. The Kier molecular flexibility index (Phi) is 36.3. The van der Waals surface area contributed by atoms with Crippen LogP contribution in [-0.4, -0.2) is 154 Å². The summed E-state index contributed by atoms with van der Waals surface area (Å²) in [4.78, 5) is 109. The predicted molar refractivity (Wildman–Crippen MR) is 404 cm³/mol. The number of pyridine rings is 2. The number of hydrogen-bond acceptors (Lipinski definition) is 26. The van der Waals surface area contributed by atoms with E-state index in [0.717, 1.165) is 15.4 Å². The minimum absolute atomic E-state index is 0.0866. The molecule has 7 aromatic carbocycles. The van der Waals surface area contributed by atoms with Gasteiger partial charge in [-0.05, 0) is 162 Å². The first-order chi connectivity index (χ1) is 49.8. The van der Waals surface area contributed by atoms with Crippen molar-refractivity contribution in [3.63, 3.8) is 0 Å². The second kappa shape index (κ2) is 43.5. The number of aromatic hydroxyl groups is 2. The van der Waals surface area contributed by atoms with Crippen molar-refractivity contribution in [2.24, 2.45) is 0 Å². The van der Waals surface area contributed by atoms with Crippen LogP contribution in [0.1, 0.15) is 100 Å². The predicted octanol–water partition coefficient (Wildman–Crippen LogP) is 13.2. The van der Waals surface area contributed by atoms with Crippen LogP contribution in [0.25, 0.3) is 21.8 Å². The van der Waals surface area contributed by atoms with E-state index in [-0.39, 0.29) is 57.9 Å². The van der Waals surface area contributed by atoms with Gasteiger partial charge in [-0.15, -0.1) is 0 Å². The van der Waals surface area contributed by atoms with E-state index in [4.69, 9.17) is 65.7 Å². The Morgan fingerprint density at radius 3 is 1.32 bits per heavy atom. The fourth-order valence-electron chi connectivity index (χ4n) is 8.47. The van der Waals surface area contributed by atoms with E-state index < -0.39 is 41.8 Å². The van der Waals surface area contributed by atoms with Gasteiger partial charge in [0.05, 0.1) is 86.8 Å². The summed E-state index contributed by atoms with van der Waals surface area (Å²) in [6.07, 6.45) is 3.31. The van der Waals surface area contributed by atoms with E-state index in [0.29, 0.717) is 99.1 Å². The summed E-state index contributed by atoms with van der Waals surface area (Å²) >= 11 is 13.1. The number of methoxy groups -OCH3 is 8. The molecule has 105 heavy (non-hydrogen) atoms. The first-order valence-electron chi connectivity index (χ1n) is 30.0. The number of anilines is 5. The Hall–Kier alpha value is -11.5. The number of halogens is 4. The van der Waals surface area contributed by atoms with E-state index >= 15 is 0 Å². The second-order valence-electron chi connectivity index (χ2n) is 20.1. The number of nitrogens with one attached hydrogen (secondary N) is 2. The summed E-state index contributed by atoms with van der Waals surface area (Å²) in [5.74, 6) is -3.52. The van der Waals surface area contributed by atoms with Crippen molar-refractivity contribution < 1.29 is 111 Å². The van der Waals surface area contributed by atoms with Crippen LogP contribution in [0.2, 0.25) is 0 Å². The van der Waals surface area contributed by atoms with Gasteiger partial charge >= 0.3 is 41.8 Å². The summed E-state index contributed by atoms with van der Waals surface area (Å²) in [5, 5.41) is 42.7. The minimum atomic E-state index is -1.16. The number of ether oxygens (including phenoxy) is 10. The van der Waals surface area contributed by atoms with Gasteiger partial charge in [-0.3, -0.25) is 19.6 Å². The average Bonchev–Trinajstić information content (AvgIpc) is 0.789. The van der Waals surface area contributed by atoms with Crippen LogP contribution in [0, 0.1) is 0 Å². The lowest BCUT2D eigenvalue weighted by molar-refractivity contribution is -0.115. The normalized spacial score (nSPS) is 9.83. The number of aromatic carboxylic acids is 2. The second-order valence-corrected chi connectivity index (χ2v) is 23.6. The summed E-state index contributed by atoms with van der Waals surface area (Å²) in [6, 6.07) is 29.6. The highest BCUT2D eigenvalue weighted by molar-refractivity contribution is 9.11. The molecule has 12 N–H and O–H groups in total. The van der Waals surface area contributed by atoms with Crippen LogP contribution in [0.4, 0.5) is 28.4 Å². The first-order valence-corrected chi connectivity index (χ1v) is 33.1. The molecule has 9 aromatic rings. The van der Waals surface area contributed by atoms with Crippen molar-refractivity contribution in [3.8, 4) is 40.2 Å². The zero-order chi connectivity index (χ0) is 78.9. The number of esters is 5. The van der Waals surface area contributed by atoms with Gasteiger partial charge in [0.2, 0.25) is 11.8 Å². The molecule has 0 aliphatic rings. The van der Waals surface area contributed by atoms with Gasteiger partial charge in [0.1, 0.15) is 79.2 Å². The molecule has 0 saturated heterocycles. The molecule has 2 amide bonds. The van der Waals surface area contributed by atoms with Gasteiger partial charge in [-0.25, -0.2) is 33.6 Å². The molecule has 30 nitrogen and oxygen atoms in total. The Labute approximate surface area is 634 Å². The number of hydrogen-bond donors (Lipinski definition) is 9. The monoisotopic (exact) mass is 1710 g/mol. The van der Waals surface area contributed by atoms with Gasteiger partial charge in [0, 0.05) is 108 Å². The molecular weight excluding hydrogens is 1640 g/mol. The number of nitrogens with zero attached hydrogens (tertiary/aromatic N) is 2. The molecule has 558 valence electrons. The molecule has 0 bridgehead atoms. The number of phenolic OH excluding ortho intramolecular Hbond substituents is 1. The Balaban J connectivity index is 0.000000320. The Morgan fingerprint density at radius 2 is 0.848 bits per heavy atom. The van der Waals surface area contributed by atoms with Crippen molar-refractivity contribution in [3.05, 3.63) is 184 Å². The van der Waals surface area contributed by atoms with Crippen molar-refractivity contribution in [2.45, 2.75) is 27.7 Å². The molecule has 0 aliphatic heterocycles. The fraction of sp³-hybridized carbons (Fsp3) is 0.197. The molecule has 2 heterocycles. The molecule has 0 fully saturated rings. The number of rotatable bonds is 16. The number of phenols is 2. The number of carbonyl (C=O) groups is 9. The van der Waals surface area contributed by atoms with Crippen LogP contribution in [0.3, 0.4) is 0 Å². The third-order valence-corrected chi connectivity index (χ3v) is 15.7. The topological polar surface area (TPSA) is 455 Å². The van der Waals surface area contributed by atoms with E-state index in [2.05, 4.69) is 98.5 Å². The summed E-state index contributed by atoms with van der Waals surface area (Å²) < 4.78 is 51.4. The zero-order valence-electron chi connectivity index (χ0n) is 58.2. The van der Waals surface area contributed by atoms with E-state index in [9.17, 15) is 48.3 Å². The molecule has 0 saturated carbocycles. The van der Waals surface area contributed by atoms with Crippen molar-refractivity contribution >= 4 is 168 Å². The number of nitrogens with two attached hydrogens (primary N) is 3. The number of fused-ring (bicyclic) bond motifs is 2. The van der Waals surface area contributed by atoms with E-state index in [1.807, 2.05) is 6.07 Å². The van der Waals surface area contributed by atoms with Gasteiger partial charge < -0.3 is 95.6 Å². The van der Waals surface area contributed by atoms with E-state index in [1.165, 1.54) is 119 Å². The molecule has 0 spiro atoms. The molecule has 0 unspecified atom stereocenters. The summed E-state index contributed by atoms with van der Waals surface area (Å²) in [5.41, 5.74) is 21.6. The van der Waals surface area contributed by atoms with Gasteiger partial charge in [0.15, 0.2) is 0 Å². The number of amides is 2. The summed E-state index contributed by atoms with van der Waals surface area (Å²) in [7, 11) is 11.2. The lowest BCUT2D eigenvalue weighted by atomic mass is 10.1. The molecule has 0 atom stereocenters. The molecule has 0 radical (unpaired) electrons. The van der Waals surface area contributed by atoms with Crippen LogP contribution in [0.5, 0.6) is 40.2 Å². The number of carbonyl (C=O) groups excluding carboxylic acids is 7. The van der Waals surface area contributed by atoms with Gasteiger partial charge in [0.25, 0.3) is 0 Å². The van der Waals surface area contributed by atoms with Crippen molar-refractivity contribution in [1.82, 2.24) is 9.97 Å². The lowest BCUT2D eigenvalue weighted by Crippen LogP contribution is -2.09. The molecule has 2 aromatic heterocycles. The van der Waals surface area contributed by atoms with Gasteiger partial charge in [-0.2, -0.15) is 0 Å². The standard InChI is InChI=1S/C13H12BrNO3.C12H10BrNO3.C11H12BrNO4.C11H13NO4.C9H11NO3.C8H8BrNO3.C7H7NO3/c1-3-18-13(16)9-7-10(14)11-8(12(9)17-2)5-4-6-15-11;1-2-17-12(16)8-6-9(13)10-7(11(8)15)4-3-5-14-10;1-6(14)13-9-5-10(16-2)7(4-8(9)12)11(15)17-3;1-7(13)12-8-4-5-9(11(14)16-3)10(6-8)15-2;1-12-8-5-6(10)3-4-7(8)9(11)13-2;1-13-7-3-6(10)5(9)2-4(7)8(11)12;8-4-1-2-5(7(10)11)6(9)3-4/h4-7H,3H2,1-2H3;3-6,15H,2H2,1H3;4-5H,1-3H3,(H,13,14);4-6H,1-3H3,(H,12,13);3-5H,10H2,1-2H3;2-3H,10H2,1H3,(H,11,12);1-3,9H,8H2,(H,10,11). The third-order valence-electron chi connectivity index (χ3n) is 13.2. The highest BCUT2D eigenvalue weighted by atomic mass is 79.9. The fourth-order valence-corrected chi connectivity index (χ4v) is 10.3. The van der Waals surface area contributed by atoms with Crippen molar-refractivity contribution in [1.29, 1.82) is 0 Å². The average molecular weight is 1710 g/mol. The maximum atomic E-state index is 11.9. The van der Waals surface area contributed by atoms with Gasteiger partial charge in [-0.1, -0.05) is 0 Å². The molecule has 9 rings (SSSR count). The smallest absolute Gasteiger partial charge is 0.341 e. The summed E-state index contributed by atoms with van der Waals surface area (Å²) in [6.45, 7) is 6.87. The Bertz CT molecular complexity index is 4620. The molecular formula is C71H73Br4N7O23. The number of carboxylic acid groups (broad SMARTS) is 2. The first kappa shape index (κ1) is 87.7. The molecule has 34 heteroatoms. The largest absolute Gasteiger partial charge is 0.507 e. The van der Waals surface area contributed by atoms with Crippen LogP contribution in [0.15, 0.2) is 146 Å². The van der Waals surface area contributed by atoms with E-state index in [1.54, 1.807) is 86.9 Å². The van der Waals surface area contributed by atoms with Crippen LogP contribution in [-0.2, 0) is 33.3 Å². The number of carboxylic acids is 2. The van der Waals surface area contributed by atoms with Crippen molar-refractivity contribution in [2.75, 3.05) is 97.9 Å². The van der Waals surface area contributed by atoms with Crippen LogP contribution >= 0.6 is 63.7 Å². The SMILES string of the molecule is CCOC(=O)c1cc(Br)c2ncccc2c1O.CCOC(=O)c1cc(Br)c2ncccc2c1OC.COC(=O)c1cc(Br)c(NC(C)=O)cc1OC.COC(=O)c1ccc(N)cc1OC.COC(=O)c1ccc(NC(C)=O)cc1OC.COc1cc(N)c(Br)cc1C(=O)O.Nc1ccc(C(=O)O)c(O)c1. The maximum Gasteiger partial charge on any atom is 0.341 e. The number of nitrogen functional groups attached to an aromatic ring is 3. The maximum absolute atomic E-state index is 11.9. The zero-order valence-corrected chi connectivity index (χ0v) is 64.6.